The minimum atomic E-state index is -0.850. The van der Waals surface area contributed by atoms with Gasteiger partial charge in [-0.15, -0.1) is 0 Å². The monoisotopic (exact) mass is 293 g/mol. The molecule has 0 saturated carbocycles. The van der Waals surface area contributed by atoms with Crippen molar-refractivity contribution >= 4 is 17.6 Å². The number of carboxylic acid groups (broad SMARTS) is 2. The third-order valence-corrected chi connectivity index (χ3v) is 3.34. The molecule has 0 atom stereocenters. The summed E-state index contributed by atoms with van der Waals surface area (Å²) in [6.07, 6.45) is 0.632. The fourth-order valence-corrected chi connectivity index (χ4v) is 2.09. The van der Waals surface area contributed by atoms with Gasteiger partial charge in [-0.25, -0.2) is 0 Å². The number of carbonyl (C=O) groups is 2. The second-order valence-corrected chi connectivity index (χ2v) is 5.37. The summed E-state index contributed by atoms with van der Waals surface area (Å²) < 4.78 is 0. The predicted molar refractivity (Wildman–Crippen MR) is 81.9 cm³/mol. The molecule has 2 N–H and O–H groups in total. The van der Waals surface area contributed by atoms with Gasteiger partial charge in [0.2, 0.25) is 0 Å². The van der Waals surface area contributed by atoms with Crippen molar-refractivity contribution in [1.82, 2.24) is 0 Å². The normalized spacial score (nSPS) is 10.6. The van der Waals surface area contributed by atoms with Crippen LogP contribution in [0.5, 0.6) is 0 Å². The van der Waals surface area contributed by atoms with Crippen LogP contribution in [0, 0.1) is 0 Å². The van der Waals surface area contributed by atoms with E-state index in [1.165, 1.54) is 5.56 Å². The van der Waals surface area contributed by atoms with Crippen LogP contribution in [0.15, 0.2) is 24.3 Å². The first-order valence-corrected chi connectivity index (χ1v) is 7.18. The zero-order chi connectivity index (χ0) is 15.8. The Morgan fingerprint density at radius 3 is 2.05 bits per heavy atom. The number of anilines is 1. The first-order chi connectivity index (χ1) is 9.90. The fraction of sp³-hybridized carbons (Fsp3) is 0.500. The average Bonchev–Trinajstić information content (AvgIpc) is 2.42. The molecule has 5 heteroatoms. The van der Waals surface area contributed by atoms with E-state index in [0.29, 0.717) is 25.4 Å². The number of benzene rings is 1. The summed E-state index contributed by atoms with van der Waals surface area (Å²) in [5.41, 5.74) is 2.16. The van der Waals surface area contributed by atoms with Crippen LogP contribution in [0.1, 0.15) is 44.6 Å². The lowest BCUT2D eigenvalue weighted by molar-refractivity contribution is -0.138. The molecule has 0 heterocycles. The third-order valence-electron chi connectivity index (χ3n) is 3.34. The van der Waals surface area contributed by atoms with E-state index in [1.54, 1.807) is 0 Å². The quantitative estimate of drug-likeness (QED) is 0.732. The summed E-state index contributed by atoms with van der Waals surface area (Å²) in [5, 5.41) is 17.5. The summed E-state index contributed by atoms with van der Waals surface area (Å²) in [6, 6.07) is 8.01. The number of carboxylic acids is 2. The third kappa shape index (κ3) is 6.29. The van der Waals surface area contributed by atoms with E-state index >= 15 is 0 Å². The van der Waals surface area contributed by atoms with Crippen LogP contribution in [0.4, 0.5) is 5.69 Å². The summed E-state index contributed by atoms with van der Waals surface area (Å²) in [4.78, 5) is 23.3. The zero-order valence-electron chi connectivity index (χ0n) is 12.6. The number of aliphatic carboxylic acids is 2. The molecule has 0 bridgehead atoms. The van der Waals surface area contributed by atoms with Crippen LogP contribution in [0.25, 0.3) is 0 Å². The Hall–Kier alpha value is -2.04. The minimum absolute atomic E-state index is 0.0407. The molecule has 116 valence electrons. The van der Waals surface area contributed by atoms with E-state index in [-0.39, 0.29) is 12.8 Å². The topological polar surface area (TPSA) is 77.8 Å². The second-order valence-electron chi connectivity index (χ2n) is 5.37. The number of hydrogen-bond acceptors (Lipinski definition) is 3. The van der Waals surface area contributed by atoms with Gasteiger partial charge in [-0.05, 0) is 30.0 Å². The first-order valence-electron chi connectivity index (χ1n) is 7.18. The molecule has 5 nitrogen and oxygen atoms in total. The van der Waals surface area contributed by atoms with Crippen molar-refractivity contribution < 1.29 is 19.8 Å². The molecular formula is C16H23NO4. The molecule has 1 aromatic rings. The van der Waals surface area contributed by atoms with Crippen molar-refractivity contribution in [2.45, 2.75) is 39.0 Å². The van der Waals surface area contributed by atoms with Gasteiger partial charge >= 0.3 is 11.9 Å². The summed E-state index contributed by atoms with van der Waals surface area (Å²) in [5.74, 6) is -1.24. The molecule has 1 rings (SSSR count). The van der Waals surface area contributed by atoms with Gasteiger partial charge in [-0.2, -0.15) is 0 Å². The summed E-state index contributed by atoms with van der Waals surface area (Å²) in [6.45, 7) is 5.16. The Labute approximate surface area is 125 Å². The van der Waals surface area contributed by atoms with E-state index < -0.39 is 11.9 Å². The van der Waals surface area contributed by atoms with Crippen molar-refractivity contribution in [3.05, 3.63) is 29.8 Å². The standard InChI is InChI=1S/C16H23NO4/c1-12(2)13-5-7-14(8-6-13)17(11-9-16(20)21)10-3-4-15(18)19/h5-8,12H,3-4,9-11H2,1-2H3,(H,18,19)(H,20,21). The maximum atomic E-state index is 10.7. The maximum Gasteiger partial charge on any atom is 0.305 e. The van der Waals surface area contributed by atoms with Crippen molar-refractivity contribution in [1.29, 1.82) is 0 Å². The number of hydrogen-bond donors (Lipinski definition) is 2. The molecule has 0 aromatic heterocycles. The molecule has 0 saturated heterocycles. The Morgan fingerprint density at radius 2 is 1.57 bits per heavy atom. The summed E-state index contributed by atoms with van der Waals surface area (Å²) >= 11 is 0. The van der Waals surface area contributed by atoms with Crippen molar-refractivity contribution in [3.63, 3.8) is 0 Å². The van der Waals surface area contributed by atoms with Gasteiger partial charge in [0.05, 0.1) is 6.42 Å². The van der Waals surface area contributed by atoms with Gasteiger partial charge in [-0.3, -0.25) is 9.59 Å². The molecule has 1 aromatic carbocycles. The lowest BCUT2D eigenvalue weighted by Crippen LogP contribution is -2.27. The van der Waals surface area contributed by atoms with Gasteiger partial charge < -0.3 is 15.1 Å². The van der Waals surface area contributed by atoms with Crippen molar-refractivity contribution in [2.75, 3.05) is 18.0 Å². The Bertz CT molecular complexity index is 468. The van der Waals surface area contributed by atoms with Crippen LogP contribution in [-0.4, -0.2) is 35.2 Å². The zero-order valence-corrected chi connectivity index (χ0v) is 12.6. The van der Waals surface area contributed by atoms with Gasteiger partial charge in [0.1, 0.15) is 0 Å². The maximum absolute atomic E-state index is 10.7. The Kier molecular flexibility index (Phi) is 6.72. The molecule has 0 fully saturated rings. The van der Waals surface area contributed by atoms with E-state index in [1.807, 2.05) is 29.2 Å². The number of nitrogens with zero attached hydrogens (tertiary/aromatic N) is 1. The first kappa shape index (κ1) is 17.0. The van der Waals surface area contributed by atoms with Crippen LogP contribution in [0.2, 0.25) is 0 Å². The molecular weight excluding hydrogens is 270 g/mol. The molecule has 21 heavy (non-hydrogen) atoms. The highest BCUT2D eigenvalue weighted by atomic mass is 16.4. The molecule has 0 amide bonds. The molecule has 0 aliphatic carbocycles. The van der Waals surface area contributed by atoms with E-state index in [9.17, 15) is 9.59 Å². The summed E-state index contributed by atoms with van der Waals surface area (Å²) in [7, 11) is 0. The highest BCUT2D eigenvalue weighted by Crippen LogP contribution is 2.20. The second kappa shape index (κ2) is 8.29. The van der Waals surface area contributed by atoms with Crippen LogP contribution in [0.3, 0.4) is 0 Å². The van der Waals surface area contributed by atoms with Crippen LogP contribution >= 0.6 is 0 Å². The fourth-order valence-electron chi connectivity index (χ4n) is 2.09. The van der Waals surface area contributed by atoms with Gasteiger partial charge in [0, 0.05) is 25.2 Å². The van der Waals surface area contributed by atoms with Crippen molar-refractivity contribution in [3.8, 4) is 0 Å². The number of rotatable bonds is 9. The van der Waals surface area contributed by atoms with Gasteiger partial charge in [0.25, 0.3) is 0 Å². The highest BCUT2D eigenvalue weighted by Gasteiger charge is 2.10. The van der Waals surface area contributed by atoms with Gasteiger partial charge in [0.15, 0.2) is 0 Å². The van der Waals surface area contributed by atoms with E-state index in [0.717, 1.165) is 5.69 Å². The van der Waals surface area contributed by atoms with E-state index in [2.05, 4.69) is 13.8 Å². The Morgan fingerprint density at radius 1 is 1.00 bits per heavy atom. The van der Waals surface area contributed by atoms with E-state index in [4.69, 9.17) is 10.2 Å². The highest BCUT2D eigenvalue weighted by molar-refractivity contribution is 5.68. The molecule has 0 unspecified atom stereocenters. The average molecular weight is 293 g/mol. The smallest absolute Gasteiger partial charge is 0.305 e. The van der Waals surface area contributed by atoms with Crippen LogP contribution < -0.4 is 4.90 Å². The van der Waals surface area contributed by atoms with Crippen molar-refractivity contribution in [2.24, 2.45) is 0 Å². The minimum Gasteiger partial charge on any atom is -0.481 e. The lowest BCUT2D eigenvalue weighted by atomic mass is 10.0. The van der Waals surface area contributed by atoms with Crippen LogP contribution in [-0.2, 0) is 9.59 Å². The Balaban J connectivity index is 2.73. The molecule has 0 radical (unpaired) electrons. The lowest BCUT2D eigenvalue weighted by Gasteiger charge is -2.24. The molecule has 0 aliphatic heterocycles. The molecule has 0 spiro atoms. The SMILES string of the molecule is CC(C)c1ccc(N(CCCC(=O)O)CCC(=O)O)cc1. The largest absolute Gasteiger partial charge is 0.481 e. The van der Waals surface area contributed by atoms with Gasteiger partial charge in [-0.1, -0.05) is 26.0 Å². The molecule has 0 aliphatic rings. The predicted octanol–water partition coefficient (Wildman–Crippen LogP) is 2.96.